The minimum atomic E-state index is -2.61. The molecule has 0 saturated carbocycles. The Balaban J connectivity index is 1.87. The lowest BCUT2D eigenvalue weighted by Crippen LogP contribution is -2.38. The number of hydrogen-bond acceptors (Lipinski definition) is 6. The molecule has 0 spiro atoms. The maximum Gasteiger partial charge on any atom is 0.357 e. The van der Waals surface area contributed by atoms with Crippen molar-refractivity contribution in [3.05, 3.63) is 116 Å². The highest BCUT2D eigenvalue weighted by molar-refractivity contribution is 6.62. The highest BCUT2D eigenvalue weighted by atomic mass is 28.3. The molecule has 3 aromatic rings. The van der Waals surface area contributed by atoms with Gasteiger partial charge in [0, 0.05) is 12.1 Å². The fourth-order valence-electron chi connectivity index (χ4n) is 3.09. The Morgan fingerprint density at radius 1 is 0.774 bits per heavy atom. The SMILES string of the molecule is C=Cc1ccccc1[SiH](OCc1ccccc1[N+](=O)[O-])OCc1ccccc1[N+](=O)[O-]. The predicted octanol–water partition coefficient (Wildman–Crippen LogP) is 4.01. The van der Waals surface area contributed by atoms with Gasteiger partial charge in [0.1, 0.15) is 0 Å². The molecule has 31 heavy (non-hydrogen) atoms. The average molecular weight is 436 g/mol. The minimum Gasteiger partial charge on any atom is -0.388 e. The summed E-state index contributed by atoms with van der Waals surface area (Å²) in [6.45, 7) is 3.78. The largest absolute Gasteiger partial charge is 0.388 e. The van der Waals surface area contributed by atoms with Gasteiger partial charge in [0.05, 0.1) is 34.2 Å². The molecule has 0 aromatic heterocycles. The van der Waals surface area contributed by atoms with E-state index in [1.54, 1.807) is 42.5 Å². The van der Waals surface area contributed by atoms with Gasteiger partial charge in [0.25, 0.3) is 11.4 Å². The van der Waals surface area contributed by atoms with Gasteiger partial charge in [-0.05, 0) is 22.9 Å². The van der Waals surface area contributed by atoms with Gasteiger partial charge in [0.15, 0.2) is 0 Å². The highest BCUT2D eigenvalue weighted by Gasteiger charge is 2.23. The Labute approximate surface area is 180 Å². The van der Waals surface area contributed by atoms with Crippen molar-refractivity contribution in [2.45, 2.75) is 13.2 Å². The lowest BCUT2D eigenvalue weighted by molar-refractivity contribution is -0.385. The van der Waals surface area contributed by atoms with Crippen LogP contribution in [0.1, 0.15) is 16.7 Å². The fraction of sp³-hybridized carbons (Fsp3) is 0.0909. The Morgan fingerprint density at radius 2 is 1.23 bits per heavy atom. The van der Waals surface area contributed by atoms with E-state index in [1.165, 1.54) is 12.1 Å². The number of benzene rings is 3. The van der Waals surface area contributed by atoms with Crippen LogP contribution in [0.3, 0.4) is 0 Å². The van der Waals surface area contributed by atoms with Gasteiger partial charge in [0.2, 0.25) is 0 Å². The molecule has 3 aromatic carbocycles. The van der Waals surface area contributed by atoms with Crippen LogP contribution in [0.2, 0.25) is 0 Å². The van der Waals surface area contributed by atoms with Crippen LogP contribution in [-0.2, 0) is 22.1 Å². The van der Waals surface area contributed by atoms with Gasteiger partial charge in [-0.2, -0.15) is 0 Å². The average Bonchev–Trinajstić information content (AvgIpc) is 2.79. The zero-order valence-electron chi connectivity index (χ0n) is 16.5. The van der Waals surface area contributed by atoms with E-state index in [1.807, 2.05) is 24.3 Å². The number of nitro groups is 2. The molecular formula is C22H20N2O6Si. The van der Waals surface area contributed by atoms with Crippen molar-refractivity contribution >= 4 is 31.9 Å². The van der Waals surface area contributed by atoms with E-state index >= 15 is 0 Å². The molecule has 0 aliphatic carbocycles. The minimum absolute atomic E-state index is 0.0175. The van der Waals surface area contributed by atoms with Gasteiger partial charge in [-0.15, -0.1) is 0 Å². The highest BCUT2D eigenvalue weighted by Crippen LogP contribution is 2.21. The van der Waals surface area contributed by atoms with Gasteiger partial charge < -0.3 is 8.85 Å². The molecule has 9 heteroatoms. The van der Waals surface area contributed by atoms with Crippen LogP contribution in [0.5, 0.6) is 0 Å². The second kappa shape index (κ2) is 10.4. The molecule has 158 valence electrons. The molecule has 0 radical (unpaired) electrons. The summed E-state index contributed by atoms with van der Waals surface area (Å²) >= 11 is 0. The molecule has 0 saturated heterocycles. The monoisotopic (exact) mass is 436 g/mol. The summed E-state index contributed by atoms with van der Waals surface area (Å²) < 4.78 is 12.1. The Morgan fingerprint density at radius 3 is 1.71 bits per heavy atom. The number of nitro benzene ring substituents is 2. The van der Waals surface area contributed by atoms with E-state index in [0.717, 1.165) is 10.8 Å². The fourth-order valence-corrected chi connectivity index (χ4v) is 4.96. The van der Waals surface area contributed by atoms with Crippen LogP contribution in [0.15, 0.2) is 79.4 Å². The van der Waals surface area contributed by atoms with E-state index < -0.39 is 19.1 Å². The summed E-state index contributed by atoms with van der Waals surface area (Å²) in [5.74, 6) is 0. The molecule has 0 heterocycles. The molecule has 0 aliphatic rings. The van der Waals surface area contributed by atoms with Crippen molar-refractivity contribution in [1.29, 1.82) is 0 Å². The second-order valence-electron chi connectivity index (χ2n) is 6.56. The third kappa shape index (κ3) is 5.48. The van der Waals surface area contributed by atoms with Crippen LogP contribution < -0.4 is 5.19 Å². The van der Waals surface area contributed by atoms with E-state index in [0.29, 0.717) is 11.1 Å². The summed E-state index contributed by atoms with van der Waals surface area (Å²) in [4.78, 5) is 21.7. The molecule has 0 atom stereocenters. The van der Waals surface area contributed by atoms with E-state index in [2.05, 4.69) is 6.58 Å². The second-order valence-corrected chi connectivity index (χ2v) is 8.51. The van der Waals surface area contributed by atoms with E-state index in [4.69, 9.17) is 8.85 Å². The van der Waals surface area contributed by atoms with Crippen molar-refractivity contribution in [3.63, 3.8) is 0 Å². The normalized spacial score (nSPS) is 10.7. The first-order valence-corrected chi connectivity index (χ1v) is 10.9. The van der Waals surface area contributed by atoms with E-state index in [9.17, 15) is 20.2 Å². The maximum absolute atomic E-state index is 11.3. The Bertz CT molecular complexity index is 1040. The number of para-hydroxylation sites is 2. The summed E-state index contributed by atoms with van der Waals surface area (Å²) in [6, 6.07) is 20.1. The first kappa shape index (κ1) is 22.0. The van der Waals surface area contributed by atoms with Crippen molar-refractivity contribution in [2.24, 2.45) is 0 Å². The van der Waals surface area contributed by atoms with Gasteiger partial charge in [-0.3, -0.25) is 20.2 Å². The molecule has 3 rings (SSSR count). The van der Waals surface area contributed by atoms with E-state index in [-0.39, 0.29) is 24.6 Å². The van der Waals surface area contributed by atoms with Crippen LogP contribution in [0.25, 0.3) is 6.08 Å². The molecule has 0 N–H and O–H groups in total. The lowest BCUT2D eigenvalue weighted by Gasteiger charge is -2.19. The molecule has 0 fully saturated rings. The summed E-state index contributed by atoms with van der Waals surface area (Å²) in [5.41, 5.74) is 1.60. The quantitative estimate of drug-likeness (QED) is 0.270. The number of rotatable bonds is 10. The van der Waals surface area contributed by atoms with Crippen LogP contribution in [0.4, 0.5) is 11.4 Å². The van der Waals surface area contributed by atoms with Crippen molar-refractivity contribution in [1.82, 2.24) is 0 Å². The van der Waals surface area contributed by atoms with Crippen molar-refractivity contribution in [3.8, 4) is 0 Å². The van der Waals surface area contributed by atoms with Crippen LogP contribution >= 0.6 is 0 Å². The van der Waals surface area contributed by atoms with Crippen molar-refractivity contribution < 1.29 is 18.7 Å². The molecular weight excluding hydrogens is 416 g/mol. The zero-order chi connectivity index (χ0) is 22.2. The smallest absolute Gasteiger partial charge is 0.357 e. The standard InChI is InChI=1S/C22H20N2O6Si/c1-2-17-9-5-8-14-22(17)31(29-15-18-10-3-6-12-20(18)23(25)26)30-16-19-11-4-7-13-21(19)24(27)28/h2-14,31H,1,15-16H2. The van der Waals surface area contributed by atoms with Gasteiger partial charge >= 0.3 is 9.28 Å². The van der Waals surface area contributed by atoms with Crippen LogP contribution in [-0.4, -0.2) is 19.1 Å². The Kier molecular flexibility index (Phi) is 7.39. The first-order valence-electron chi connectivity index (χ1n) is 9.40. The lowest BCUT2D eigenvalue weighted by atomic mass is 10.2. The number of nitrogens with zero attached hydrogens (tertiary/aromatic N) is 2. The van der Waals surface area contributed by atoms with Gasteiger partial charge in [-0.1, -0.05) is 61.2 Å². The third-order valence-corrected chi connectivity index (χ3v) is 6.60. The third-order valence-electron chi connectivity index (χ3n) is 4.63. The molecule has 0 aliphatic heterocycles. The molecule has 0 unspecified atom stereocenters. The zero-order valence-corrected chi connectivity index (χ0v) is 17.7. The van der Waals surface area contributed by atoms with Gasteiger partial charge in [-0.25, -0.2) is 0 Å². The molecule has 0 bridgehead atoms. The Hall–Kier alpha value is -3.66. The summed E-state index contributed by atoms with van der Waals surface area (Å²) in [5, 5.41) is 23.4. The summed E-state index contributed by atoms with van der Waals surface area (Å²) in [6.07, 6.45) is 1.68. The number of hydrogen-bond donors (Lipinski definition) is 0. The predicted molar refractivity (Wildman–Crippen MR) is 119 cm³/mol. The topological polar surface area (TPSA) is 105 Å². The summed E-state index contributed by atoms with van der Waals surface area (Å²) in [7, 11) is -2.61. The van der Waals surface area contributed by atoms with Crippen molar-refractivity contribution in [2.75, 3.05) is 0 Å². The first-order chi connectivity index (χ1) is 15.0. The maximum atomic E-state index is 11.3. The molecule has 0 amide bonds. The molecule has 8 nitrogen and oxygen atoms in total. The van der Waals surface area contributed by atoms with Crippen LogP contribution in [0, 0.1) is 20.2 Å².